The van der Waals surface area contributed by atoms with Gasteiger partial charge in [0.1, 0.15) is 5.82 Å². The number of amides is 1. The van der Waals surface area contributed by atoms with Gasteiger partial charge in [-0.15, -0.1) is 24.8 Å². The highest BCUT2D eigenvalue weighted by molar-refractivity contribution is 5.92. The molecular weight excluding hydrogens is 328 g/mol. The highest BCUT2D eigenvalue weighted by Crippen LogP contribution is 2.08. The highest BCUT2D eigenvalue weighted by Gasteiger charge is 2.03. The Kier molecular flexibility index (Phi) is 14.6. The molecule has 7 heteroatoms. The predicted molar refractivity (Wildman–Crippen MR) is 94.8 cm³/mol. The largest absolute Gasteiger partial charge is 0.325 e. The van der Waals surface area contributed by atoms with Crippen LogP contribution in [0.15, 0.2) is 24.3 Å². The molecular formula is C15H26Cl2FN3O. The average Bonchev–Trinajstić information content (AvgIpc) is 2.43. The summed E-state index contributed by atoms with van der Waals surface area (Å²) in [5.41, 5.74) is 0.486. The molecule has 128 valence electrons. The van der Waals surface area contributed by atoms with Crippen molar-refractivity contribution in [1.29, 1.82) is 0 Å². The fraction of sp³-hybridized carbons (Fsp3) is 0.533. The van der Waals surface area contributed by atoms with Crippen molar-refractivity contribution in [3.63, 3.8) is 0 Å². The number of carbonyl (C=O) groups excluding carboxylic acids is 1. The lowest BCUT2D eigenvalue weighted by Gasteiger charge is -2.17. The number of hydrogen-bond acceptors (Lipinski definition) is 3. The van der Waals surface area contributed by atoms with Gasteiger partial charge >= 0.3 is 0 Å². The summed E-state index contributed by atoms with van der Waals surface area (Å²) in [4.78, 5) is 14.0. The van der Waals surface area contributed by atoms with E-state index in [9.17, 15) is 9.18 Å². The molecule has 0 bridgehead atoms. The van der Waals surface area contributed by atoms with Crippen LogP contribution in [0.25, 0.3) is 0 Å². The van der Waals surface area contributed by atoms with Crippen molar-refractivity contribution in [2.45, 2.75) is 20.3 Å². The van der Waals surface area contributed by atoms with Crippen LogP contribution in [0.4, 0.5) is 10.1 Å². The Hall–Kier alpha value is -0.880. The molecule has 1 aromatic rings. The smallest absolute Gasteiger partial charge is 0.238 e. The molecule has 0 atom stereocenters. The zero-order chi connectivity index (χ0) is 14.8. The normalized spacial score (nSPS) is 9.82. The topological polar surface area (TPSA) is 44.4 Å². The van der Waals surface area contributed by atoms with Gasteiger partial charge in [0.2, 0.25) is 5.91 Å². The van der Waals surface area contributed by atoms with Gasteiger partial charge in [0.25, 0.3) is 0 Å². The second-order valence-corrected chi connectivity index (χ2v) is 4.62. The Morgan fingerprint density at radius 2 is 1.91 bits per heavy atom. The summed E-state index contributed by atoms with van der Waals surface area (Å²) in [6.45, 7) is 8.47. The lowest BCUT2D eigenvalue weighted by molar-refractivity contribution is -0.115. The Morgan fingerprint density at radius 3 is 2.50 bits per heavy atom. The summed E-state index contributed by atoms with van der Waals surface area (Å²) in [7, 11) is 0. The second-order valence-electron chi connectivity index (χ2n) is 4.62. The van der Waals surface area contributed by atoms with Crippen molar-refractivity contribution < 1.29 is 9.18 Å². The monoisotopic (exact) mass is 353 g/mol. The van der Waals surface area contributed by atoms with Crippen LogP contribution in [0.2, 0.25) is 0 Å². The molecule has 2 N–H and O–H groups in total. The fourth-order valence-electron chi connectivity index (χ4n) is 1.94. The van der Waals surface area contributed by atoms with Gasteiger partial charge in [-0.05, 0) is 50.8 Å². The van der Waals surface area contributed by atoms with Crippen molar-refractivity contribution in [1.82, 2.24) is 10.2 Å². The first-order chi connectivity index (χ1) is 9.65. The molecule has 0 radical (unpaired) electrons. The maximum Gasteiger partial charge on any atom is 0.238 e. The van der Waals surface area contributed by atoms with Crippen LogP contribution >= 0.6 is 24.8 Å². The summed E-state index contributed by atoms with van der Waals surface area (Å²) in [5, 5.41) is 5.74. The summed E-state index contributed by atoms with van der Waals surface area (Å²) < 4.78 is 12.9. The van der Waals surface area contributed by atoms with E-state index in [1.54, 1.807) is 12.1 Å². The van der Waals surface area contributed by atoms with Gasteiger partial charge in [-0.25, -0.2) is 4.39 Å². The molecule has 0 spiro atoms. The molecule has 0 aromatic heterocycles. The molecule has 0 aliphatic heterocycles. The highest BCUT2D eigenvalue weighted by atomic mass is 35.5. The molecule has 0 fully saturated rings. The zero-order valence-corrected chi connectivity index (χ0v) is 14.7. The first-order valence-corrected chi connectivity index (χ1v) is 7.14. The number of halogens is 3. The molecule has 4 nitrogen and oxygen atoms in total. The van der Waals surface area contributed by atoms with E-state index in [0.29, 0.717) is 5.69 Å². The third kappa shape index (κ3) is 9.95. The van der Waals surface area contributed by atoms with Crippen LogP contribution in [0, 0.1) is 5.82 Å². The molecule has 0 heterocycles. The first-order valence-electron chi connectivity index (χ1n) is 7.14. The number of nitrogens with zero attached hydrogens (tertiary/aromatic N) is 1. The van der Waals surface area contributed by atoms with Crippen molar-refractivity contribution in [3.8, 4) is 0 Å². The standard InChI is InChI=1S/C15H24FN3O.2ClH/c1-3-19(4-2)10-6-9-17-12-15(20)18-14-8-5-7-13(16)11-14;;/h5,7-8,11,17H,3-4,6,9-10,12H2,1-2H3,(H,18,20);2*1H. The minimum Gasteiger partial charge on any atom is -0.325 e. The molecule has 0 saturated carbocycles. The molecule has 1 amide bonds. The third-order valence-corrected chi connectivity index (χ3v) is 3.12. The van der Waals surface area contributed by atoms with Crippen LogP contribution < -0.4 is 10.6 Å². The van der Waals surface area contributed by atoms with Gasteiger partial charge in [0, 0.05) is 5.69 Å². The lowest BCUT2D eigenvalue weighted by Crippen LogP contribution is -2.31. The van der Waals surface area contributed by atoms with Gasteiger partial charge in [-0.2, -0.15) is 0 Å². The Bertz CT molecular complexity index is 418. The van der Waals surface area contributed by atoms with Crippen LogP contribution in [0.1, 0.15) is 20.3 Å². The number of nitrogens with one attached hydrogen (secondary N) is 2. The molecule has 0 aliphatic rings. The molecule has 22 heavy (non-hydrogen) atoms. The van der Waals surface area contributed by atoms with E-state index in [-0.39, 0.29) is 43.1 Å². The number of benzene rings is 1. The fourth-order valence-corrected chi connectivity index (χ4v) is 1.94. The summed E-state index contributed by atoms with van der Waals surface area (Å²) in [6.07, 6.45) is 1.01. The maximum atomic E-state index is 12.9. The quantitative estimate of drug-likeness (QED) is 0.671. The van der Waals surface area contributed by atoms with E-state index in [4.69, 9.17) is 0 Å². The van der Waals surface area contributed by atoms with E-state index < -0.39 is 0 Å². The number of anilines is 1. The molecule has 0 aliphatic carbocycles. The van der Waals surface area contributed by atoms with E-state index in [1.807, 2.05) is 0 Å². The Labute approximate surface area is 144 Å². The Balaban J connectivity index is 0. The maximum absolute atomic E-state index is 12.9. The van der Waals surface area contributed by atoms with E-state index in [1.165, 1.54) is 12.1 Å². The third-order valence-electron chi connectivity index (χ3n) is 3.12. The van der Waals surface area contributed by atoms with E-state index >= 15 is 0 Å². The van der Waals surface area contributed by atoms with E-state index in [2.05, 4.69) is 29.4 Å². The van der Waals surface area contributed by atoms with Crippen molar-refractivity contribution in [2.75, 3.05) is 38.0 Å². The van der Waals surface area contributed by atoms with Gasteiger partial charge in [0.05, 0.1) is 6.54 Å². The van der Waals surface area contributed by atoms with Crippen LogP contribution in [-0.2, 0) is 4.79 Å². The van der Waals surface area contributed by atoms with Crippen molar-refractivity contribution in [3.05, 3.63) is 30.1 Å². The lowest BCUT2D eigenvalue weighted by atomic mass is 10.3. The average molecular weight is 354 g/mol. The van der Waals surface area contributed by atoms with Crippen LogP contribution in [0.5, 0.6) is 0 Å². The van der Waals surface area contributed by atoms with Gasteiger partial charge < -0.3 is 15.5 Å². The van der Waals surface area contributed by atoms with Crippen molar-refractivity contribution >= 4 is 36.4 Å². The predicted octanol–water partition coefficient (Wildman–Crippen LogP) is 2.93. The minimum atomic E-state index is -0.352. The molecule has 1 aromatic carbocycles. The summed E-state index contributed by atoms with van der Waals surface area (Å²) >= 11 is 0. The van der Waals surface area contributed by atoms with Crippen molar-refractivity contribution in [2.24, 2.45) is 0 Å². The molecule has 1 rings (SSSR count). The number of carbonyl (C=O) groups is 1. The summed E-state index contributed by atoms with van der Waals surface area (Å²) in [6, 6.07) is 5.89. The Morgan fingerprint density at radius 1 is 1.23 bits per heavy atom. The van der Waals surface area contributed by atoms with Gasteiger partial charge in [-0.3, -0.25) is 4.79 Å². The van der Waals surface area contributed by atoms with Gasteiger partial charge in [-0.1, -0.05) is 19.9 Å². The van der Waals surface area contributed by atoms with Crippen LogP contribution in [-0.4, -0.2) is 43.5 Å². The molecule has 0 unspecified atom stereocenters. The summed E-state index contributed by atoms with van der Waals surface area (Å²) in [5.74, 6) is -0.506. The second kappa shape index (κ2) is 13.8. The van der Waals surface area contributed by atoms with Crippen LogP contribution in [0.3, 0.4) is 0 Å². The molecule has 0 saturated heterocycles. The van der Waals surface area contributed by atoms with E-state index in [0.717, 1.165) is 32.6 Å². The SMILES string of the molecule is CCN(CC)CCCNCC(=O)Nc1cccc(F)c1.Cl.Cl. The van der Waals surface area contributed by atoms with Gasteiger partial charge in [0.15, 0.2) is 0 Å². The zero-order valence-electron chi connectivity index (χ0n) is 13.1. The first kappa shape index (κ1) is 23.4. The minimum absolute atomic E-state index is 0. The number of hydrogen-bond donors (Lipinski definition) is 2. The number of rotatable bonds is 9.